The van der Waals surface area contributed by atoms with Crippen LogP contribution in [0.2, 0.25) is 0 Å². The number of sulfonamides is 1. The maximum atomic E-state index is 12.2. The maximum absolute atomic E-state index is 12.2. The molecule has 0 amide bonds. The van der Waals surface area contributed by atoms with Crippen LogP contribution in [0.4, 0.5) is 0 Å². The minimum absolute atomic E-state index is 0.0794. The number of hydrogen-bond donors (Lipinski definition) is 2. The Morgan fingerprint density at radius 1 is 1.43 bits per heavy atom. The van der Waals surface area contributed by atoms with Crippen molar-refractivity contribution in [3.05, 3.63) is 40.0 Å². The molecule has 0 unspecified atom stereocenters. The van der Waals surface area contributed by atoms with Crippen LogP contribution in [0.15, 0.2) is 32.1 Å². The first-order chi connectivity index (χ1) is 9.92. The quantitative estimate of drug-likeness (QED) is 0.784. The molecule has 7 nitrogen and oxygen atoms in total. The summed E-state index contributed by atoms with van der Waals surface area (Å²) >= 11 is 3.19. The number of aliphatic hydroxyl groups excluding tert-OH is 1. The number of nitrogens with zero attached hydrogens (tertiary/aromatic N) is 2. The zero-order valence-electron chi connectivity index (χ0n) is 11.2. The molecule has 0 spiro atoms. The van der Waals surface area contributed by atoms with Gasteiger partial charge >= 0.3 is 0 Å². The molecular formula is C12H14BrN3O4S. The molecule has 0 aliphatic rings. The first kappa shape index (κ1) is 16.1. The van der Waals surface area contributed by atoms with Crippen LogP contribution in [-0.4, -0.2) is 30.2 Å². The summed E-state index contributed by atoms with van der Waals surface area (Å²) in [6, 6.07) is 4.65. The molecule has 1 aromatic carbocycles. The molecule has 0 aliphatic carbocycles. The van der Waals surface area contributed by atoms with Gasteiger partial charge in [0.2, 0.25) is 15.9 Å². The zero-order chi connectivity index (χ0) is 15.5. The Hall–Kier alpha value is -1.29. The number of aliphatic hydroxyl groups is 1. The summed E-state index contributed by atoms with van der Waals surface area (Å²) in [6.45, 7) is 1.60. The molecule has 0 radical (unpaired) electrons. The summed E-state index contributed by atoms with van der Waals surface area (Å²) in [7, 11) is -3.68. The Morgan fingerprint density at radius 3 is 2.81 bits per heavy atom. The van der Waals surface area contributed by atoms with Crippen LogP contribution in [-0.2, 0) is 23.1 Å². The average molecular weight is 376 g/mol. The molecule has 21 heavy (non-hydrogen) atoms. The molecule has 1 heterocycles. The molecule has 2 aromatic rings. The third kappa shape index (κ3) is 4.10. The van der Waals surface area contributed by atoms with Crippen molar-refractivity contribution in [3.63, 3.8) is 0 Å². The van der Waals surface area contributed by atoms with Crippen molar-refractivity contribution in [3.8, 4) is 0 Å². The molecule has 0 saturated heterocycles. The van der Waals surface area contributed by atoms with E-state index in [1.54, 1.807) is 19.1 Å². The highest BCUT2D eigenvalue weighted by atomic mass is 79.9. The van der Waals surface area contributed by atoms with Crippen LogP contribution in [0, 0.1) is 6.92 Å². The minimum atomic E-state index is -3.68. The summed E-state index contributed by atoms with van der Waals surface area (Å²) in [4.78, 5) is 4.07. The van der Waals surface area contributed by atoms with E-state index in [2.05, 4.69) is 30.8 Å². The second-order valence-corrected chi connectivity index (χ2v) is 6.90. The van der Waals surface area contributed by atoms with Crippen LogP contribution in [0.5, 0.6) is 0 Å². The summed E-state index contributed by atoms with van der Waals surface area (Å²) in [5.41, 5.74) is 0.520. The molecule has 0 bridgehead atoms. The van der Waals surface area contributed by atoms with E-state index >= 15 is 0 Å². The highest BCUT2D eigenvalue weighted by Gasteiger charge is 2.18. The fourth-order valence-electron chi connectivity index (χ4n) is 1.66. The molecule has 0 fully saturated rings. The third-order valence-corrected chi connectivity index (χ3v) is 5.12. The molecule has 2 rings (SSSR count). The van der Waals surface area contributed by atoms with Crippen molar-refractivity contribution >= 4 is 26.0 Å². The van der Waals surface area contributed by atoms with Crippen molar-refractivity contribution in [1.82, 2.24) is 14.9 Å². The van der Waals surface area contributed by atoms with Crippen LogP contribution in [0.3, 0.4) is 0 Å². The second kappa shape index (κ2) is 6.65. The molecular weight excluding hydrogens is 362 g/mol. The van der Waals surface area contributed by atoms with Gasteiger partial charge in [0, 0.05) is 17.4 Å². The molecule has 9 heteroatoms. The lowest BCUT2D eigenvalue weighted by atomic mass is 10.2. The van der Waals surface area contributed by atoms with Gasteiger partial charge in [0.05, 0.1) is 11.5 Å². The van der Waals surface area contributed by atoms with Gasteiger partial charge in [-0.3, -0.25) is 0 Å². The number of halogens is 1. The molecule has 0 atom stereocenters. The Bertz CT molecular complexity index is 730. The first-order valence-electron chi connectivity index (χ1n) is 6.10. The predicted octanol–water partition coefficient (Wildman–Crippen LogP) is 1.15. The highest BCUT2D eigenvalue weighted by Crippen LogP contribution is 2.23. The molecule has 0 aliphatic heterocycles. The van der Waals surface area contributed by atoms with Gasteiger partial charge in [-0.15, -0.1) is 0 Å². The standard InChI is InChI=1S/C12H14BrN3O4S/c1-8-15-12(20-16-8)4-5-14-21(18,19)11-6-9(7-17)2-3-10(11)13/h2-3,6,14,17H,4-5,7H2,1H3. The molecule has 0 saturated carbocycles. The largest absolute Gasteiger partial charge is 0.392 e. The molecule has 114 valence electrons. The minimum Gasteiger partial charge on any atom is -0.392 e. The predicted molar refractivity (Wildman–Crippen MR) is 78.0 cm³/mol. The first-order valence-corrected chi connectivity index (χ1v) is 8.38. The van der Waals surface area contributed by atoms with Gasteiger partial charge in [0.15, 0.2) is 5.82 Å². The second-order valence-electron chi connectivity index (χ2n) is 4.31. The van der Waals surface area contributed by atoms with E-state index in [1.165, 1.54) is 6.07 Å². The van der Waals surface area contributed by atoms with Crippen LogP contribution in [0.1, 0.15) is 17.3 Å². The van der Waals surface area contributed by atoms with Gasteiger partial charge in [-0.25, -0.2) is 13.1 Å². The van der Waals surface area contributed by atoms with E-state index in [-0.39, 0.29) is 18.0 Å². The van der Waals surface area contributed by atoms with Crippen molar-refractivity contribution in [2.75, 3.05) is 6.54 Å². The van der Waals surface area contributed by atoms with E-state index in [1.807, 2.05) is 0 Å². The van der Waals surface area contributed by atoms with E-state index in [9.17, 15) is 8.42 Å². The Kier molecular flexibility index (Phi) is 5.09. The van der Waals surface area contributed by atoms with E-state index in [0.29, 0.717) is 28.2 Å². The zero-order valence-corrected chi connectivity index (χ0v) is 13.6. The lowest BCUT2D eigenvalue weighted by molar-refractivity contribution is 0.281. The SMILES string of the molecule is Cc1noc(CCNS(=O)(=O)c2cc(CO)ccc2Br)n1. The Morgan fingerprint density at radius 2 is 2.19 bits per heavy atom. The Labute approximate surface area is 130 Å². The summed E-state index contributed by atoms with van der Waals surface area (Å²) < 4.78 is 32.3. The number of aryl methyl sites for hydroxylation is 1. The van der Waals surface area contributed by atoms with Gasteiger partial charge < -0.3 is 9.63 Å². The number of nitrogens with one attached hydrogen (secondary N) is 1. The lowest BCUT2D eigenvalue weighted by Gasteiger charge is -2.09. The van der Waals surface area contributed by atoms with Gasteiger partial charge in [-0.2, -0.15) is 4.98 Å². The number of aromatic nitrogens is 2. The number of hydrogen-bond acceptors (Lipinski definition) is 6. The molecule has 2 N–H and O–H groups in total. The normalized spacial score (nSPS) is 11.8. The highest BCUT2D eigenvalue weighted by molar-refractivity contribution is 9.10. The summed E-state index contributed by atoms with van der Waals surface area (Å²) in [6.07, 6.45) is 0.303. The number of benzene rings is 1. The van der Waals surface area contributed by atoms with Crippen LogP contribution >= 0.6 is 15.9 Å². The number of rotatable bonds is 6. The van der Waals surface area contributed by atoms with Crippen molar-refractivity contribution in [2.45, 2.75) is 24.8 Å². The smallest absolute Gasteiger partial charge is 0.241 e. The van der Waals surface area contributed by atoms with E-state index < -0.39 is 10.0 Å². The summed E-state index contributed by atoms with van der Waals surface area (Å²) in [5, 5.41) is 12.7. The molecule has 1 aromatic heterocycles. The van der Waals surface area contributed by atoms with Crippen molar-refractivity contribution in [1.29, 1.82) is 0 Å². The monoisotopic (exact) mass is 375 g/mol. The van der Waals surface area contributed by atoms with Crippen LogP contribution < -0.4 is 4.72 Å². The van der Waals surface area contributed by atoms with Gasteiger partial charge in [-0.05, 0) is 40.5 Å². The lowest BCUT2D eigenvalue weighted by Crippen LogP contribution is -2.26. The summed E-state index contributed by atoms with van der Waals surface area (Å²) in [5.74, 6) is 0.879. The fraction of sp³-hybridized carbons (Fsp3) is 0.333. The van der Waals surface area contributed by atoms with Gasteiger partial charge in [0.1, 0.15) is 0 Å². The van der Waals surface area contributed by atoms with Crippen LogP contribution in [0.25, 0.3) is 0 Å². The Balaban J connectivity index is 2.07. The average Bonchev–Trinajstić information content (AvgIpc) is 2.84. The maximum Gasteiger partial charge on any atom is 0.241 e. The van der Waals surface area contributed by atoms with E-state index in [4.69, 9.17) is 9.63 Å². The topological polar surface area (TPSA) is 105 Å². The van der Waals surface area contributed by atoms with E-state index in [0.717, 1.165) is 0 Å². The van der Waals surface area contributed by atoms with Gasteiger partial charge in [-0.1, -0.05) is 11.2 Å². The third-order valence-electron chi connectivity index (χ3n) is 2.67. The van der Waals surface area contributed by atoms with Gasteiger partial charge in [0.25, 0.3) is 0 Å². The fourth-order valence-corrected chi connectivity index (χ4v) is 3.71. The van der Waals surface area contributed by atoms with Crippen molar-refractivity contribution in [2.24, 2.45) is 0 Å². The van der Waals surface area contributed by atoms with Crippen molar-refractivity contribution < 1.29 is 18.0 Å².